The van der Waals surface area contributed by atoms with Crippen LogP contribution in [0.2, 0.25) is 0 Å². The molecule has 0 bridgehead atoms. The molecule has 0 aliphatic heterocycles. The Bertz CT molecular complexity index is 429. The fraction of sp³-hybridized carbons (Fsp3) is 0.455. The van der Waals surface area contributed by atoms with Crippen LogP contribution in [0.3, 0.4) is 0 Å². The number of rotatable bonds is 3. The van der Waals surface area contributed by atoms with Gasteiger partial charge in [0.05, 0.1) is 0 Å². The van der Waals surface area contributed by atoms with Crippen molar-refractivity contribution in [3.05, 3.63) is 24.2 Å². The van der Waals surface area contributed by atoms with E-state index < -0.39 is 0 Å². The first-order valence-electron chi connectivity index (χ1n) is 5.01. The first kappa shape index (κ1) is 10.1. The minimum atomic E-state index is 0.0148. The second-order valence-electron chi connectivity index (χ2n) is 4.48. The van der Waals surface area contributed by atoms with Gasteiger partial charge in [-0.1, -0.05) is 13.8 Å². The van der Waals surface area contributed by atoms with Gasteiger partial charge in [-0.05, 0) is 24.1 Å². The highest BCUT2D eigenvalue weighted by atomic mass is 16.3. The topological polar surface area (TPSA) is 64.9 Å². The van der Waals surface area contributed by atoms with Crippen molar-refractivity contribution in [2.45, 2.75) is 20.3 Å². The summed E-state index contributed by atoms with van der Waals surface area (Å²) in [7, 11) is 0. The van der Waals surface area contributed by atoms with Crippen LogP contribution >= 0.6 is 0 Å². The molecule has 2 N–H and O–H groups in total. The van der Waals surface area contributed by atoms with Crippen molar-refractivity contribution in [1.29, 1.82) is 0 Å². The number of hydrogen-bond acceptors (Lipinski definition) is 4. The van der Waals surface area contributed by atoms with Gasteiger partial charge in [-0.25, -0.2) is 4.98 Å². The van der Waals surface area contributed by atoms with Crippen LogP contribution in [0.1, 0.15) is 19.7 Å². The molecule has 0 saturated heterocycles. The highest BCUT2D eigenvalue weighted by Gasteiger charge is 2.20. The molecule has 80 valence electrons. The Kier molecular flexibility index (Phi) is 2.44. The summed E-state index contributed by atoms with van der Waals surface area (Å²) < 4.78 is 5.58. The molecule has 0 saturated carbocycles. The lowest BCUT2D eigenvalue weighted by molar-refractivity contribution is 0.337. The summed E-state index contributed by atoms with van der Waals surface area (Å²) in [6.45, 7) is 4.80. The maximum absolute atomic E-state index is 5.66. The van der Waals surface area contributed by atoms with Gasteiger partial charge < -0.3 is 10.2 Å². The van der Waals surface area contributed by atoms with E-state index in [0.717, 1.165) is 12.0 Å². The fourth-order valence-corrected chi connectivity index (χ4v) is 1.37. The molecule has 0 aromatic carbocycles. The van der Waals surface area contributed by atoms with E-state index in [1.54, 1.807) is 6.20 Å². The molecule has 2 rings (SSSR count). The highest BCUT2D eigenvalue weighted by molar-refractivity contribution is 5.66. The average molecular weight is 205 g/mol. The summed E-state index contributed by atoms with van der Waals surface area (Å²) >= 11 is 0. The fourth-order valence-electron chi connectivity index (χ4n) is 1.37. The van der Waals surface area contributed by atoms with Crippen LogP contribution in [-0.4, -0.2) is 16.5 Å². The van der Waals surface area contributed by atoms with E-state index in [2.05, 4.69) is 23.8 Å². The Balaban J connectivity index is 2.30. The first-order chi connectivity index (χ1) is 7.11. The van der Waals surface area contributed by atoms with Crippen molar-refractivity contribution < 1.29 is 4.42 Å². The lowest BCUT2D eigenvalue weighted by Crippen LogP contribution is -2.25. The summed E-state index contributed by atoms with van der Waals surface area (Å²) in [6, 6.07) is 3.71. The van der Waals surface area contributed by atoms with E-state index in [4.69, 9.17) is 10.2 Å². The molecule has 0 aliphatic rings. The quantitative estimate of drug-likeness (QED) is 0.829. The Morgan fingerprint density at radius 2 is 2.27 bits per heavy atom. The van der Waals surface area contributed by atoms with Gasteiger partial charge in [-0.3, -0.25) is 0 Å². The normalized spacial score (nSPS) is 12.2. The third-order valence-electron chi connectivity index (χ3n) is 2.39. The largest absolute Gasteiger partial charge is 0.439 e. The van der Waals surface area contributed by atoms with Gasteiger partial charge in [-0.15, -0.1) is 0 Å². The highest BCUT2D eigenvalue weighted by Crippen LogP contribution is 2.22. The molecule has 2 aromatic rings. The van der Waals surface area contributed by atoms with Crippen molar-refractivity contribution in [3.63, 3.8) is 0 Å². The SMILES string of the molecule is CC(C)(CN)Cc1nc2ncccc2o1. The van der Waals surface area contributed by atoms with Gasteiger partial charge in [0.25, 0.3) is 0 Å². The molecule has 0 unspecified atom stereocenters. The molecule has 2 aromatic heterocycles. The van der Waals surface area contributed by atoms with Gasteiger partial charge in [0.1, 0.15) is 0 Å². The third kappa shape index (κ3) is 2.15. The van der Waals surface area contributed by atoms with E-state index >= 15 is 0 Å². The zero-order chi connectivity index (χ0) is 10.9. The number of nitrogens with zero attached hydrogens (tertiary/aromatic N) is 2. The first-order valence-corrected chi connectivity index (χ1v) is 5.01. The Morgan fingerprint density at radius 1 is 1.47 bits per heavy atom. The van der Waals surface area contributed by atoms with E-state index in [9.17, 15) is 0 Å². The molecule has 2 heterocycles. The van der Waals surface area contributed by atoms with Crippen LogP contribution in [0.15, 0.2) is 22.7 Å². The van der Waals surface area contributed by atoms with Crippen LogP contribution in [0.4, 0.5) is 0 Å². The number of nitrogens with two attached hydrogens (primary N) is 1. The van der Waals surface area contributed by atoms with Crippen LogP contribution < -0.4 is 5.73 Å². The number of aromatic nitrogens is 2. The van der Waals surface area contributed by atoms with Crippen LogP contribution in [0, 0.1) is 5.41 Å². The molecule has 0 fully saturated rings. The molecule has 4 nitrogen and oxygen atoms in total. The second-order valence-corrected chi connectivity index (χ2v) is 4.48. The number of pyridine rings is 1. The van der Waals surface area contributed by atoms with Gasteiger partial charge in [0.15, 0.2) is 17.1 Å². The molecule has 4 heteroatoms. The summed E-state index contributed by atoms with van der Waals surface area (Å²) in [5, 5.41) is 0. The standard InChI is InChI=1S/C11H15N3O/c1-11(2,7-12)6-9-14-10-8(15-9)4-3-5-13-10/h3-5H,6-7,12H2,1-2H3. The van der Waals surface area contributed by atoms with Gasteiger partial charge >= 0.3 is 0 Å². The van der Waals surface area contributed by atoms with E-state index in [0.29, 0.717) is 18.1 Å². The van der Waals surface area contributed by atoms with Crippen molar-refractivity contribution in [2.24, 2.45) is 11.1 Å². The lowest BCUT2D eigenvalue weighted by atomic mass is 9.90. The van der Waals surface area contributed by atoms with E-state index in [1.807, 2.05) is 12.1 Å². The lowest BCUT2D eigenvalue weighted by Gasteiger charge is -2.19. The second kappa shape index (κ2) is 3.62. The van der Waals surface area contributed by atoms with Crippen LogP contribution in [0.25, 0.3) is 11.2 Å². The monoisotopic (exact) mass is 205 g/mol. The van der Waals surface area contributed by atoms with Crippen LogP contribution in [0.5, 0.6) is 0 Å². The average Bonchev–Trinajstić information content (AvgIpc) is 2.58. The molecule has 15 heavy (non-hydrogen) atoms. The van der Waals surface area contributed by atoms with Gasteiger partial charge in [-0.2, -0.15) is 4.98 Å². The van der Waals surface area contributed by atoms with Gasteiger partial charge in [0.2, 0.25) is 0 Å². The van der Waals surface area contributed by atoms with Crippen molar-refractivity contribution in [1.82, 2.24) is 9.97 Å². The molecule has 0 atom stereocenters. The zero-order valence-electron chi connectivity index (χ0n) is 9.03. The predicted octanol–water partition coefficient (Wildman–Crippen LogP) is 1.75. The van der Waals surface area contributed by atoms with E-state index in [-0.39, 0.29) is 5.41 Å². The van der Waals surface area contributed by atoms with Crippen molar-refractivity contribution in [3.8, 4) is 0 Å². The summed E-state index contributed by atoms with van der Waals surface area (Å²) in [6.07, 6.45) is 2.45. The third-order valence-corrected chi connectivity index (χ3v) is 2.39. The summed E-state index contributed by atoms with van der Waals surface area (Å²) in [5.74, 6) is 0.708. The number of hydrogen-bond donors (Lipinski definition) is 1. The zero-order valence-corrected chi connectivity index (χ0v) is 9.03. The maximum Gasteiger partial charge on any atom is 0.198 e. The molecule has 0 aliphatic carbocycles. The Hall–Kier alpha value is -1.42. The summed E-state index contributed by atoms with van der Waals surface area (Å²) in [5.41, 5.74) is 7.08. The molecule has 0 amide bonds. The Labute approximate surface area is 88.5 Å². The smallest absolute Gasteiger partial charge is 0.198 e. The van der Waals surface area contributed by atoms with Crippen LogP contribution in [-0.2, 0) is 6.42 Å². The Morgan fingerprint density at radius 3 is 2.93 bits per heavy atom. The van der Waals surface area contributed by atoms with Crippen molar-refractivity contribution >= 4 is 11.2 Å². The predicted molar refractivity (Wildman–Crippen MR) is 58.3 cm³/mol. The number of oxazole rings is 1. The van der Waals surface area contributed by atoms with Crippen molar-refractivity contribution in [2.75, 3.05) is 6.54 Å². The minimum Gasteiger partial charge on any atom is -0.439 e. The van der Waals surface area contributed by atoms with Gasteiger partial charge in [0, 0.05) is 12.6 Å². The minimum absolute atomic E-state index is 0.0148. The van der Waals surface area contributed by atoms with E-state index in [1.165, 1.54) is 0 Å². The maximum atomic E-state index is 5.66. The molecule has 0 spiro atoms. The molecular weight excluding hydrogens is 190 g/mol. The molecule has 0 radical (unpaired) electrons. The number of fused-ring (bicyclic) bond motifs is 1. The summed E-state index contributed by atoms with van der Waals surface area (Å²) in [4.78, 5) is 8.43. The molecular formula is C11H15N3O.